The van der Waals surface area contributed by atoms with E-state index in [0.29, 0.717) is 6.29 Å². The van der Waals surface area contributed by atoms with Gasteiger partial charge in [0.1, 0.15) is 6.29 Å². The second-order valence-corrected chi connectivity index (χ2v) is 4.43. The summed E-state index contributed by atoms with van der Waals surface area (Å²) in [6, 6.07) is 0. The molecular formula is C5H8O4S. The third kappa shape index (κ3) is 1.06. The first-order chi connectivity index (χ1) is 4.40. The van der Waals surface area contributed by atoms with E-state index in [1.54, 1.807) is 0 Å². The van der Waals surface area contributed by atoms with Crippen LogP contribution in [0.1, 0.15) is 13.3 Å². The third-order valence-corrected chi connectivity index (χ3v) is 3.25. The number of carbonyl (C=O) groups is 1. The highest BCUT2D eigenvalue weighted by atomic mass is 32.2. The lowest BCUT2D eigenvalue weighted by Gasteiger charge is -1.95. The van der Waals surface area contributed by atoms with Crippen LogP contribution in [-0.2, 0) is 14.9 Å². The van der Waals surface area contributed by atoms with Crippen molar-refractivity contribution in [2.24, 2.45) is 5.41 Å². The maximum atomic E-state index is 10.4. The molecule has 5 heteroatoms. The van der Waals surface area contributed by atoms with Crippen molar-refractivity contribution in [2.75, 3.05) is 0 Å². The second-order valence-electron chi connectivity index (χ2n) is 2.83. The van der Waals surface area contributed by atoms with Gasteiger partial charge in [0, 0.05) is 5.41 Å². The van der Waals surface area contributed by atoms with Crippen LogP contribution >= 0.6 is 0 Å². The molecule has 0 bridgehead atoms. The highest BCUT2D eigenvalue weighted by Crippen LogP contribution is 2.47. The summed E-state index contributed by atoms with van der Waals surface area (Å²) in [6.45, 7) is 1.51. The monoisotopic (exact) mass is 164 g/mol. The van der Waals surface area contributed by atoms with Crippen molar-refractivity contribution in [3.05, 3.63) is 0 Å². The summed E-state index contributed by atoms with van der Waals surface area (Å²) in [6.07, 6.45) is 0.820. The molecule has 0 radical (unpaired) electrons. The highest BCUT2D eigenvalue weighted by molar-refractivity contribution is 7.86. The van der Waals surface area contributed by atoms with Gasteiger partial charge >= 0.3 is 0 Å². The van der Waals surface area contributed by atoms with Crippen LogP contribution in [0.2, 0.25) is 0 Å². The quantitative estimate of drug-likeness (QED) is 0.455. The number of rotatable bonds is 2. The lowest BCUT2D eigenvalue weighted by molar-refractivity contribution is -0.111. The van der Waals surface area contributed by atoms with Gasteiger partial charge in [-0.05, 0) is 6.42 Å². The molecule has 1 aliphatic carbocycles. The zero-order chi connectivity index (χ0) is 7.99. The van der Waals surface area contributed by atoms with Crippen LogP contribution in [0, 0.1) is 5.41 Å². The second kappa shape index (κ2) is 1.79. The molecule has 0 aliphatic heterocycles. The Labute approximate surface area is 59.0 Å². The van der Waals surface area contributed by atoms with Crippen LogP contribution in [0.25, 0.3) is 0 Å². The molecule has 0 saturated heterocycles. The number of hydrogen-bond donors (Lipinski definition) is 1. The largest absolute Gasteiger partial charge is 0.303 e. The molecule has 0 aromatic carbocycles. The van der Waals surface area contributed by atoms with Crippen molar-refractivity contribution >= 4 is 16.4 Å². The minimum Gasteiger partial charge on any atom is -0.303 e. The Balaban J connectivity index is 2.80. The highest BCUT2D eigenvalue weighted by Gasteiger charge is 2.57. The molecule has 1 N–H and O–H groups in total. The molecule has 0 spiro atoms. The zero-order valence-corrected chi connectivity index (χ0v) is 6.26. The average Bonchev–Trinajstić information content (AvgIpc) is 2.43. The molecule has 2 atom stereocenters. The Bertz CT molecular complexity index is 255. The number of aldehydes is 1. The third-order valence-electron chi connectivity index (χ3n) is 1.83. The first-order valence-corrected chi connectivity index (χ1v) is 4.33. The van der Waals surface area contributed by atoms with E-state index in [-0.39, 0.29) is 6.42 Å². The van der Waals surface area contributed by atoms with Crippen LogP contribution in [0.15, 0.2) is 0 Å². The smallest absolute Gasteiger partial charge is 0.268 e. The number of carbonyl (C=O) groups excluding carboxylic acids is 1. The molecule has 2 unspecified atom stereocenters. The summed E-state index contributed by atoms with van der Waals surface area (Å²) in [5.41, 5.74) is -0.826. The van der Waals surface area contributed by atoms with Gasteiger partial charge in [-0.3, -0.25) is 4.55 Å². The van der Waals surface area contributed by atoms with Gasteiger partial charge in [0.15, 0.2) is 0 Å². The van der Waals surface area contributed by atoms with Gasteiger partial charge in [0.05, 0.1) is 5.25 Å². The van der Waals surface area contributed by atoms with Crippen LogP contribution in [0.3, 0.4) is 0 Å². The SMILES string of the molecule is CC1(C=O)CC1S(=O)(=O)O. The fraction of sp³-hybridized carbons (Fsp3) is 0.800. The minimum atomic E-state index is -3.98. The van der Waals surface area contributed by atoms with Crippen molar-refractivity contribution in [3.8, 4) is 0 Å². The van der Waals surface area contributed by atoms with Crippen LogP contribution < -0.4 is 0 Å². The predicted molar refractivity (Wildman–Crippen MR) is 34.1 cm³/mol. The van der Waals surface area contributed by atoms with E-state index in [4.69, 9.17) is 4.55 Å². The summed E-state index contributed by atoms with van der Waals surface area (Å²) >= 11 is 0. The average molecular weight is 164 g/mol. The van der Waals surface area contributed by atoms with Crippen LogP contribution in [0.5, 0.6) is 0 Å². The molecule has 0 aromatic heterocycles. The molecule has 0 heterocycles. The molecular weight excluding hydrogens is 156 g/mol. The van der Waals surface area contributed by atoms with E-state index >= 15 is 0 Å². The fourth-order valence-electron chi connectivity index (χ4n) is 0.910. The lowest BCUT2D eigenvalue weighted by Crippen LogP contribution is -2.13. The molecule has 10 heavy (non-hydrogen) atoms. The van der Waals surface area contributed by atoms with Crippen molar-refractivity contribution in [2.45, 2.75) is 18.6 Å². The summed E-state index contributed by atoms with van der Waals surface area (Å²) in [7, 11) is -3.98. The summed E-state index contributed by atoms with van der Waals surface area (Å²) in [5.74, 6) is 0. The maximum absolute atomic E-state index is 10.4. The summed E-state index contributed by atoms with van der Waals surface area (Å²) < 4.78 is 29.2. The van der Waals surface area contributed by atoms with Crippen LogP contribution in [0.4, 0.5) is 0 Å². The molecule has 1 saturated carbocycles. The topological polar surface area (TPSA) is 71.4 Å². The summed E-state index contributed by atoms with van der Waals surface area (Å²) in [4.78, 5) is 10.2. The molecule has 1 fully saturated rings. The Morgan fingerprint density at radius 2 is 2.20 bits per heavy atom. The van der Waals surface area contributed by atoms with Crippen molar-refractivity contribution in [1.82, 2.24) is 0 Å². The van der Waals surface area contributed by atoms with E-state index < -0.39 is 20.8 Å². The van der Waals surface area contributed by atoms with Gasteiger partial charge in [-0.1, -0.05) is 6.92 Å². The normalized spacial score (nSPS) is 39.2. The molecule has 4 nitrogen and oxygen atoms in total. The van der Waals surface area contributed by atoms with E-state index in [2.05, 4.69) is 0 Å². The first kappa shape index (κ1) is 7.68. The van der Waals surface area contributed by atoms with E-state index in [0.717, 1.165) is 0 Å². The van der Waals surface area contributed by atoms with E-state index in [9.17, 15) is 13.2 Å². The van der Waals surface area contributed by atoms with Gasteiger partial charge in [-0.2, -0.15) is 8.42 Å². The van der Waals surface area contributed by atoms with Crippen molar-refractivity contribution in [3.63, 3.8) is 0 Å². The van der Waals surface area contributed by atoms with Crippen LogP contribution in [-0.4, -0.2) is 24.5 Å². The lowest BCUT2D eigenvalue weighted by atomic mass is 10.2. The molecule has 1 rings (SSSR count). The van der Waals surface area contributed by atoms with Gasteiger partial charge in [0.2, 0.25) is 0 Å². The van der Waals surface area contributed by atoms with Crippen molar-refractivity contribution in [1.29, 1.82) is 0 Å². The minimum absolute atomic E-state index is 0.245. The van der Waals surface area contributed by atoms with E-state index in [1.165, 1.54) is 6.92 Å². The Morgan fingerprint density at radius 3 is 2.30 bits per heavy atom. The fourth-order valence-corrected chi connectivity index (χ4v) is 2.22. The predicted octanol–water partition coefficient (Wildman–Crippen LogP) is -0.148. The van der Waals surface area contributed by atoms with Gasteiger partial charge < -0.3 is 4.79 Å². The van der Waals surface area contributed by atoms with Gasteiger partial charge in [-0.25, -0.2) is 0 Å². The maximum Gasteiger partial charge on any atom is 0.268 e. The Kier molecular flexibility index (Phi) is 1.38. The Morgan fingerprint density at radius 1 is 1.70 bits per heavy atom. The standard InChI is InChI=1S/C5H8O4S/c1-5(3-6)2-4(5)10(7,8)9/h3-4H,2H2,1H3,(H,7,8,9). The number of hydrogen-bond acceptors (Lipinski definition) is 3. The molecule has 1 aliphatic rings. The Hall–Kier alpha value is -0.420. The zero-order valence-electron chi connectivity index (χ0n) is 5.44. The molecule has 58 valence electrons. The first-order valence-electron chi connectivity index (χ1n) is 2.83. The summed E-state index contributed by atoms with van der Waals surface area (Å²) in [5, 5.41) is -0.863. The molecule has 0 aromatic rings. The van der Waals surface area contributed by atoms with Gasteiger partial charge in [-0.15, -0.1) is 0 Å². The van der Waals surface area contributed by atoms with E-state index in [1.807, 2.05) is 0 Å². The molecule has 0 amide bonds. The van der Waals surface area contributed by atoms with Crippen molar-refractivity contribution < 1.29 is 17.8 Å². The van der Waals surface area contributed by atoms with Gasteiger partial charge in [0.25, 0.3) is 10.1 Å².